The third-order valence-electron chi connectivity index (χ3n) is 3.03. The minimum absolute atomic E-state index is 0.424. The zero-order valence-electron chi connectivity index (χ0n) is 10.6. The van der Waals surface area contributed by atoms with Gasteiger partial charge in [-0.3, -0.25) is 4.98 Å². The minimum Gasteiger partial charge on any atom is -0.396 e. The number of pyridine rings is 1. The molecule has 0 bridgehead atoms. The van der Waals surface area contributed by atoms with Crippen LogP contribution in [0.2, 0.25) is 0 Å². The van der Waals surface area contributed by atoms with Gasteiger partial charge in [-0.05, 0) is 26.8 Å². The fourth-order valence-corrected chi connectivity index (χ4v) is 2.24. The van der Waals surface area contributed by atoms with Gasteiger partial charge in [0.2, 0.25) is 0 Å². The van der Waals surface area contributed by atoms with Crippen LogP contribution in [0, 0.1) is 0 Å². The lowest BCUT2D eigenvalue weighted by molar-refractivity contribution is 0.707. The van der Waals surface area contributed by atoms with Crippen LogP contribution in [0.25, 0.3) is 10.9 Å². The lowest BCUT2D eigenvalue weighted by Gasteiger charge is -2.29. The summed E-state index contributed by atoms with van der Waals surface area (Å²) in [5.41, 5.74) is 8.95. The summed E-state index contributed by atoms with van der Waals surface area (Å²) >= 11 is 0. The van der Waals surface area contributed by atoms with E-state index in [4.69, 9.17) is 5.73 Å². The number of nitrogen functional groups attached to an aromatic ring is 1. The van der Waals surface area contributed by atoms with Crippen molar-refractivity contribution in [3.8, 4) is 0 Å². The molecular formula is C14H19N3. The van der Waals surface area contributed by atoms with E-state index in [1.54, 1.807) is 6.20 Å². The summed E-state index contributed by atoms with van der Waals surface area (Å²) in [5.74, 6) is 0. The van der Waals surface area contributed by atoms with Crippen molar-refractivity contribution in [1.82, 2.24) is 4.98 Å². The number of nitrogens with zero attached hydrogens (tertiary/aromatic N) is 2. The summed E-state index contributed by atoms with van der Waals surface area (Å²) < 4.78 is 0. The second-order valence-corrected chi connectivity index (χ2v) is 4.46. The van der Waals surface area contributed by atoms with Gasteiger partial charge in [-0.25, -0.2) is 0 Å². The molecule has 0 radical (unpaired) electrons. The van der Waals surface area contributed by atoms with Crippen molar-refractivity contribution in [2.45, 2.75) is 26.8 Å². The topological polar surface area (TPSA) is 42.1 Å². The molecule has 0 saturated carbocycles. The number of aromatic nitrogens is 1. The Balaban J connectivity index is 2.69. The molecule has 3 nitrogen and oxygen atoms in total. The second-order valence-electron chi connectivity index (χ2n) is 4.46. The first-order valence-electron chi connectivity index (χ1n) is 6.05. The Morgan fingerprint density at radius 3 is 2.65 bits per heavy atom. The smallest absolute Gasteiger partial charge is 0.0745 e. The van der Waals surface area contributed by atoms with Crippen LogP contribution in [0.15, 0.2) is 30.5 Å². The molecule has 1 heterocycles. The Morgan fingerprint density at radius 1 is 1.29 bits per heavy atom. The van der Waals surface area contributed by atoms with Crippen molar-refractivity contribution >= 4 is 22.3 Å². The summed E-state index contributed by atoms with van der Waals surface area (Å²) in [6, 6.07) is 8.56. The Kier molecular flexibility index (Phi) is 3.18. The normalized spacial score (nSPS) is 11.1. The lowest BCUT2D eigenvalue weighted by atomic mass is 10.1. The fraction of sp³-hybridized carbons (Fsp3) is 0.357. The van der Waals surface area contributed by atoms with E-state index in [-0.39, 0.29) is 0 Å². The summed E-state index contributed by atoms with van der Waals surface area (Å²) in [4.78, 5) is 6.67. The third kappa shape index (κ3) is 2.05. The largest absolute Gasteiger partial charge is 0.396 e. The summed E-state index contributed by atoms with van der Waals surface area (Å²) in [5, 5.41) is 1.13. The number of benzene rings is 1. The molecular weight excluding hydrogens is 210 g/mol. The van der Waals surface area contributed by atoms with Crippen LogP contribution in [-0.4, -0.2) is 17.6 Å². The number of fused-ring (bicyclic) bond motifs is 1. The second kappa shape index (κ2) is 4.62. The van der Waals surface area contributed by atoms with E-state index in [1.165, 1.54) is 0 Å². The van der Waals surface area contributed by atoms with Crippen molar-refractivity contribution in [2.75, 3.05) is 17.2 Å². The van der Waals surface area contributed by atoms with Crippen LogP contribution < -0.4 is 10.6 Å². The standard InChI is InChI=1S/C14H19N3/c1-4-17(10(2)3)14-11-7-5-6-8-13(11)16-9-12(14)15/h5-10H,4,15H2,1-3H3. The van der Waals surface area contributed by atoms with Gasteiger partial charge in [0.25, 0.3) is 0 Å². The average Bonchev–Trinajstić information content (AvgIpc) is 2.32. The Hall–Kier alpha value is -1.77. The summed E-state index contributed by atoms with van der Waals surface area (Å²) in [6.07, 6.45) is 1.75. The van der Waals surface area contributed by atoms with Crippen LogP contribution in [0.4, 0.5) is 11.4 Å². The van der Waals surface area contributed by atoms with Gasteiger partial charge < -0.3 is 10.6 Å². The molecule has 0 atom stereocenters. The molecule has 2 rings (SSSR count). The average molecular weight is 229 g/mol. The van der Waals surface area contributed by atoms with Crippen molar-refractivity contribution in [2.24, 2.45) is 0 Å². The van der Waals surface area contributed by atoms with Crippen LogP contribution in [0.1, 0.15) is 20.8 Å². The number of anilines is 2. The van der Waals surface area contributed by atoms with E-state index in [0.717, 1.165) is 28.8 Å². The van der Waals surface area contributed by atoms with E-state index in [2.05, 4.69) is 36.7 Å². The van der Waals surface area contributed by atoms with Crippen molar-refractivity contribution in [3.63, 3.8) is 0 Å². The first kappa shape index (κ1) is 11.7. The maximum absolute atomic E-state index is 6.10. The molecule has 90 valence electrons. The highest BCUT2D eigenvalue weighted by molar-refractivity contribution is 5.97. The summed E-state index contributed by atoms with van der Waals surface area (Å²) in [7, 11) is 0. The van der Waals surface area contributed by atoms with Gasteiger partial charge in [0.15, 0.2) is 0 Å². The molecule has 2 aromatic rings. The molecule has 0 fully saturated rings. The highest BCUT2D eigenvalue weighted by Crippen LogP contribution is 2.32. The zero-order valence-corrected chi connectivity index (χ0v) is 10.6. The molecule has 0 saturated heterocycles. The number of hydrogen-bond donors (Lipinski definition) is 1. The molecule has 0 aliphatic carbocycles. The molecule has 0 unspecified atom stereocenters. The Morgan fingerprint density at radius 2 is 2.00 bits per heavy atom. The van der Waals surface area contributed by atoms with Gasteiger partial charge in [-0.15, -0.1) is 0 Å². The number of nitrogens with two attached hydrogens (primary N) is 1. The highest BCUT2D eigenvalue weighted by Gasteiger charge is 2.15. The van der Waals surface area contributed by atoms with E-state index in [9.17, 15) is 0 Å². The maximum atomic E-state index is 6.10. The molecule has 0 aliphatic rings. The van der Waals surface area contributed by atoms with Gasteiger partial charge >= 0.3 is 0 Å². The first-order chi connectivity index (χ1) is 8.15. The lowest BCUT2D eigenvalue weighted by Crippen LogP contribution is -2.31. The van der Waals surface area contributed by atoms with E-state index < -0.39 is 0 Å². The minimum atomic E-state index is 0.424. The van der Waals surface area contributed by atoms with Crippen LogP contribution in [0.3, 0.4) is 0 Å². The molecule has 17 heavy (non-hydrogen) atoms. The van der Waals surface area contributed by atoms with Gasteiger partial charge in [0, 0.05) is 18.0 Å². The maximum Gasteiger partial charge on any atom is 0.0745 e. The van der Waals surface area contributed by atoms with Crippen molar-refractivity contribution < 1.29 is 0 Å². The molecule has 0 amide bonds. The first-order valence-corrected chi connectivity index (χ1v) is 6.05. The molecule has 3 heteroatoms. The van der Waals surface area contributed by atoms with E-state index >= 15 is 0 Å². The molecule has 2 N–H and O–H groups in total. The molecule has 1 aromatic carbocycles. The van der Waals surface area contributed by atoms with Gasteiger partial charge in [-0.2, -0.15) is 0 Å². The summed E-state index contributed by atoms with van der Waals surface area (Å²) in [6.45, 7) is 7.45. The highest BCUT2D eigenvalue weighted by atomic mass is 15.2. The molecule has 0 spiro atoms. The predicted octanol–water partition coefficient (Wildman–Crippen LogP) is 3.05. The molecule has 0 aliphatic heterocycles. The van der Waals surface area contributed by atoms with Gasteiger partial charge in [0.05, 0.1) is 23.1 Å². The monoisotopic (exact) mass is 229 g/mol. The van der Waals surface area contributed by atoms with Crippen molar-refractivity contribution in [1.29, 1.82) is 0 Å². The predicted molar refractivity (Wildman–Crippen MR) is 74.3 cm³/mol. The quantitative estimate of drug-likeness (QED) is 0.879. The van der Waals surface area contributed by atoms with Crippen LogP contribution >= 0.6 is 0 Å². The van der Waals surface area contributed by atoms with Crippen molar-refractivity contribution in [3.05, 3.63) is 30.5 Å². The Labute approximate surface area is 102 Å². The third-order valence-corrected chi connectivity index (χ3v) is 3.03. The number of rotatable bonds is 3. The SMILES string of the molecule is CCN(c1c(N)cnc2ccccc12)C(C)C. The molecule has 1 aromatic heterocycles. The zero-order chi connectivity index (χ0) is 12.4. The fourth-order valence-electron chi connectivity index (χ4n) is 2.24. The van der Waals surface area contributed by atoms with E-state index in [1.807, 2.05) is 18.2 Å². The van der Waals surface area contributed by atoms with Crippen LogP contribution in [0.5, 0.6) is 0 Å². The number of para-hydroxylation sites is 1. The van der Waals surface area contributed by atoms with E-state index in [0.29, 0.717) is 6.04 Å². The Bertz CT molecular complexity index is 520. The van der Waals surface area contributed by atoms with Crippen LogP contribution in [-0.2, 0) is 0 Å². The van der Waals surface area contributed by atoms with Gasteiger partial charge in [0.1, 0.15) is 0 Å². The number of hydrogen-bond acceptors (Lipinski definition) is 3. The van der Waals surface area contributed by atoms with Gasteiger partial charge in [-0.1, -0.05) is 18.2 Å².